The van der Waals surface area contributed by atoms with E-state index in [1.54, 1.807) is 6.07 Å². The van der Waals surface area contributed by atoms with Gasteiger partial charge in [-0.2, -0.15) is 5.10 Å². The fourth-order valence-electron chi connectivity index (χ4n) is 2.39. The van der Waals surface area contributed by atoms with E-state index in [1.165, 1.54) is 12.1 Å². The summed E-state index contributed by atoms with van der Waals surface area (Å²) >= 11 is 6.06. The highest BCUT2D eigenvalue weighted by Gasteiger charge is 2.28. The number of hydrogen-bond acceptors (Lipinski definition) is 4. The molecule has 3 rings (SSSR count). The molecule has 1 aliphatic heterocycles. The Hall–Kier alpha value is -1.92. The largest absolute Gasteiger partial charge is 0.278 e. The van der Waals surface area contributed by atoms with Crippen LogP contribution in [0.15, 0.2) is 46.4 Å². The zero-order chi connectivity index (χ0) is 16.6. The Morgan fingerprint density at radius 3 is 2.74 bits per heavy atom. The van der Waals surface area contributed by atoms with Crippen molar-refractivity contribution in [2.24, 2.45) is 5.10 Å². The molecule has 0 aliphatic carbocycles. The van der Waals surface area contributed by atoms with Crippen molar-refractivity contribution in [3.63, 3.8) is 0 Å². The highest BCUT2D eigenvalue weighted by Crippen LogP contribution is 2.27. The second kappa shape index (κ2) is 5.94. The van der Waals surface area contributed by atoms with Gasteiger partial charge in [-0.1, -0.05) is 17.7 Å². The molecule has 7 heteroatoms. The molecule has 23 heavy (non-hydrogen) atoms. The minimum Gasteiger partial charge on any atom is -0.278 e. The zero-order valence-corrected chi connectivity index (χ0v) is 13.9. The molecule has 0 bridgehead atoms. The number of nitrogens with zero attached hydrogens (tertiary/aromatic N) is 1. The monoisotopic (exact) mass is 352 g/mol. The molecule has 4 nitrogen and oxygen atoms in total. The van der Waals surface area contributed by atoms with Gasteiger partial charge in [-0.25, -0.2) is 12.8 Å². The van der Waals surface area contributed by atoms with Crippen LogP contribution in [-0.4, -0.2) is 19.9 Å². The number of sulfone groups is 1. The zero-order valence-electron chi connectivity index (χ0n) is 12.3. The molecule has 0 saturated carbocycles. The van der Waals surface area contributed by atoms with Gasteiger partial charge in [-0.05, 0) is 42.8 Å². The van der Waals surface area contributed by atoms with Crippen molar-refractivity contribution in [3.8, 4) is 0 Å². The third-order valence-electron chi connectivity index (χ3n) is 3.69. The third-order valence-corrected chi connectivity index (χ3v) is 5.86. The minimum atomic E-state index is -3.38. The van der Waals surface area contributed by atoms with Gasteiger partial charge >= 0.3 is 0 Å². The molecule has 0 saturated heterocycles. The Kier molecular flexibility index (Phi) is 4.12. The van der Waals surface area contributed by atoms with E-state index in [1.807, 2.05) is 19.1 Å². The van der Waals surface area contributed by atoms with E-state index in [0.29, 0.717) is 22.0 Å². The molecule has 0 spiro atoms. The lowest BCUT2D eigenvalue weighted by Crippen LogP contribution is -2.23. The van der Waals surface area contributed by atoms with E-state index in [0.717, 1.165) is 11.6 Å². The summed E-state index contributed by atoms with van der Waals surface area (Å²) in [6, 6.07) is 9.03. The third kappa shape index (κ3) is 3.23. The number of halogens is 2. The highest BCUT2D eigenvalue weighted by molar-refractivity contribution is 7.91. The summed E-state index contributed by atoms with van der Waals surface area (Å²) in [7, 11) is -3.38. The fraction of sp³-hybridized carbons (Fsp3) is 0.188. The highest BCUT2D eigenvalue weighted by atomic mass is 35.5. The number of fused-ring (bicyclic) bond motifs is 1. The molecule has 1 N–H and O–H groups in total. The fourth-order valence-corrected chi connectivity index (χ4v) is 4.03. The van der Waals surface area contributed by atoms with Crippen LogP contribution >= 0.6 is 11.6 Å². The van der Waals surface area contributed by atoms with Crippen LogP contribution in [-0.2, 0) is 9.84 Å². The average molecular weight is 353 g/mol. The minimum absolute atomic E-state index is 0.0409. The lowest BCUT2D eigenvalue weighted by Gasteiger charge is -2.18. The van der Waals surface area contributed by atoms with Crippen molar-refractivity contribution in [1.29, 1.82) is 0 Å². The van der Waals surface area contributed by atoms with Crippen LogP contribution in [0.4, 0.5) is 10.1 Å². The number of hydrazone groups is 1. The van der Waals surface area contributed by atoms with Crippen LogP contribution in [0.3, 0.4) is 0 Å². The molecule has 0 unspecified atom stereocenters. The van der Waals surface area contributed by atoms with Gasteiger partial charge in [0, 0.05) is 17.0 Å². The van der Waals surface area contributed by atoms with Gasteiger partial charge in [0.25, 0.3) is 0 Å². The molecule has 0 aromatic heterocycles. The van der Waals surface area contributed by atoms with E-state index in [-0.39, 0.29) is 17.1 Å². The maximum absolute atomic E-state index is 13.5. The first-order chi connectivity index (χ1) is 10.9. The van der Waals surface area contributed by atoms with Crippen molar-refractivity contribution in [3.05, 3.63) is 58.4 Å². The van der Waals surface area contributed by atoms with Crippen LogP contribution < -0.4 is 5.43 Å². The van der Waals surface area contributed by atoms with E-state index in [2.05, 4.69) is 10.5 Å². The summed E-state index contributed by atoms with van der Waals surface area (Å²) in [4.78, 5) is 0.118. The molecule has 0 radical (unpaired) electrons. The SMILES string of the molecule is Cc1ccc(N/N=C2/CCS(=O)(=O)c3ccc(F)cc32)cc1Cl. The number of benzene rings is 2. The van der Waals surface area contributed by atoms with Gasteiger partial charge in [-0.15, -0.1) is 0 Å². The first kappa shape index (κ1) is 16.0. The molecular weight excluding hydrogens is 339 g/mol. The summed E-state index contributed by atoms with van der Waals surface area (Å²) < 4.78 is 37.6. The van der Waals surface area contributed by atoms with Crippen molar-refractivity contribution in [2.45, 2.75) is 18.2 Å². The van der Waals surface area contributed by atoms with E-state index < -0.39 is 15.7 Å². The number of rotatable bonds is 2. The molecule has 0 amide bonds. The maximum Gasteiger partial charge on any atom is 0.179 e. The van der Waals surface area contributed by atoms with E-state index in [4.69, 9.17) is 11.6 Å². The molecule has 0 atom stereocenters. The van der Waals surface area contributed by atoms with Crippen molar-refractivity contribution in [2.75, 3.05) is 11.2 Å². The first-order valence-electron chi connectivity index (χ1n) is 6.98. The normalized spacial score (nSPS) is 17.8. The Balaban J connectivity index is 1.97. The van der Waals surface area contributed by atoms with E-state index in [9.17, 15) is 12.8 Å². The van der Waals surface area contributed by atoms with Gasteiger partial charge in [0.2, 0.25) is 0 Å². The van der Waals surface area contributed by atoms with Crippen LogP contribution in [0.1, 0.15) is 17.5 Å². The molecule has 0 fully saturated rings. The molecule has 120 valence electrons. The Bertz CT molecular complexity index is 910. The summed E-state index contributed by atoms with van der Waals surface area (Å²) in [5.41, 5.74) is 5.29. The number of hydrogen-bond donors (Lipinski definition) is 1. The van der Waals surface area contributed by atoms with Gasteiger partial charge in [0.15, 0.2) is 9.84 Å². The molecule has 1 heterocycles. The Morgan fingerprint density at radius 1 is 1.22 bits per heavy atom. The van der Waals surface area contributed by atoms with Crippen molar-refractivity contribution in [1.82, 2.24) is 0 Å². The predicted molar refractivity (Wildman–Crippen MR) is 89.4 cm³/mol. The number of aryl methyl sites for hydroxylation is 1. The molecule has 2 aromatic rings. The summed E-state index contributed by atoms with van der Waals surface area (Å²) in [5, 5.41) is 4.85. The standard InChI is InChI=1S/C16H14ClFN2O2S/c1-10-2-4-12(9-14(10)17)19-20-15-6-7-23(21,22)16-5-3-11(18)8-13(15)16/h2-5,8-9,19H,6-7H2,1H3/b20-15-. The lowest BCUT2D eigenvalue weighted by molar-refractivity contribution is 0.593. The quantitative estimate of drug-likeness (QED) is 0.661. The van der Waals surface area contributed by atoms with Crippen LogP contribution in [0.2, 0.25) is 5.02 Å². The first-order valence-corrected chi connectivity index (χ1v) is 9.01. The maximum atomic E-state index is 13.5. The molecule has 1 aliphatic rings. The summed E-state index contributed by atoms with van der Waals surface area (Å²) in [6.45, 7) is 1.89. The smallest absolute Gasteiger partial charge is 0.179 e. The molecule has 2 aromatic carbocycles. The second-order valence-corrected chi connectivity index (χ2v) is 7.83. The summed E-state index contributed by atoms with van der Waals surface area (Å²) in [5.74, 6) is -0.534. The Labute approximate surface area is 138 Å². The van der Waals surface area contributed by atoms with Crippen LogP contribution in [0, 0.1) is 12.7 Å². The van der Waals surface area contributed by atoms with Gasteiger partial charge < -0.3 is 0 Å². The number of anilines is 1. The van der Waals surface area contributed by atoms with Gasteiger partial charge in [0.1, 0.15) is 5.82 Å². The van der Waals surface area contributed by atoms with Crippen molar-refractivity contribution < 1.29 is 12.8 Å². The number of nitrogens with one attached hydrogen (secondary N) is 1. The average Bonchev–Trinajstić information content (AvgIpc) is 2.49. The Morgan fingerprint density at radius 2 is 2.00 bits per heavy atom. The van der Waals surface area contributed by atoms with Crippen LogP contribution in [0.25, 0.3) is 0 Å². The predicted octanol–water partition coefficient (Wildman–Crippen LogP) is 3.78. The van der Waals surface area contributed by atoms with Gasteiger partial charge in [0.05, 0.1) is 22.0 Å². The topological polar surface area (TPSA) is 58.5 Å². The van der Waals surface area contributed by atoms with E-state index >= 15 is 0 Å². The molecular formula is C16H14ClFN2O2S. The van der Waals surface area contributed by atoms with Gasteiger partial charge in [-0.3, -0.25) is 5.43 Å². The lowest BCUT2D eigenvalue weighted by atomic mass is 10.1. The van der Waals surface area contributed by atoms with Crippen molar-refractivity contribution >= 4 is 32.8 Å². The summed E-state index contributed by atoms with van der Waals surface area (Å²) in [6.07, 6.45) is 0.228. The second-order valence-electron chi connectivity index (χ2n) is 5.34. The van der Waals surface area contributed by atoms with Crippen LogP contribution in [0.5, 0.6) is 0 Å².